The van der Waals surface area contributed by atoms with E-state index in [1.54, 1.807) is 0 Å². The molecule has 0 unspecified atom stereocenters. The van der Waals surface area contributed by atoms with E-state index in [1.165, 1.54) is 12.1 Å². The SMILES string of the molecule is O=C(Cn1nc(C(F)(F)F)c2c1CCCC2)NCc1ccc(F)cc1Cl. The Kier molecular flexibility index (Phi) is 5.22. The van der Waals surface area contributed by atoms with Gasteiger partial charge in [-0.15, -0.1) is 0 Å². The third kappa shape index (κ3) is 4.00. The van der Waals surface area contributed by atoms with Crippen LogP contribution in [0.25, 0.3) is 0 Å². The van der Waals surface area contributed by atoms with Gasteiger partial charge in [0.15, 0.2) is 5.69 Å². The number of rotatable bonds is 4. The monoisotopic (exact) mass is 389 g/mol. The Morgan fingerprint density at radius 3 is 2.69 bits per heavy atom. The van der Waals surface area contributed by atoms with Crippen LogP contribution >= 0.6 is 11.6 Å². The third-order valence-corrected chi connectivity index (χ3v) is 4.66. The topological polar surface area (TPSA) is 46.9 Å². The molecule has 1 amide bonds. The van der Waals surface area contributed by atoms with Gasteiger partial charge in [0, 0.05) is 22.8 Å². The summed E-state index contributed by atoms with van der Waals surface area (Å²) in [6.45, 7) is -0.259. The molecule has 0 bridgehead atoms. The number of hydrogen-bond acceptors (Lipinski definition) is 2. The number of carbonyl (C=O) groups is 1. The van der Waals surface area contributed by atoms with Gasteiger partial charge in [-0.3, -0.25) is 9.48 Å². The van der Waals surface area contributed by atoms with Gasteiger partial charge >= 0.3 is 6.18 Å². The molecule has 0 aliphatic heterocycles. The molecule has 1 heterocycles. The van der Waals surface area contributed by atoms with Gasteiger partial charge in [0.25, 0.3) is 0 Å². The molecule has 140 valence electrons. The van der Waals surface area contributed by atoms with E-state index in [4.69, 9.17) is 11.6 Å². The van der Waals surface area contributed by atoms with Crippen LogP contribution in [0, 0.1) is 5.82 Å². The lowest BCUT2D eigenvalue weighted by molar-refractivity contribution is -0.142. The van der Waals surface area contributed by atoms with E-state index in [2.05, 4.69) is 10.4 Å². The van der Waals surface area contributed by atoms with Crippen LogP contribution < -0.4 is 5.32 Å². The van der Waals surface area contributed by atoms with Crippen molar-refractivity contribution in [2.24, 2.45) is 0 Å². The highest BCUT2D eigenvalue weighted by Gasteiger charge is 2.39. The third-order valence-electron chi connectivity index (χ3n) is 4.31. The van der Waals surface area contributed by atoms with Crippen molar-refractivity contribution in [2.45, 2.75) is 44.9 Å². The number of aromatic nitrogens is 2. The van der Waals surface area contributed by atoms with Gasteiger partial charge in [-0.1, -0.05) is 17.7 Å². The van der Waals surface area contributed by atoms with Gasteiger partial charge < -0.3 is 5.32 Å². The molecule has 1 aromatic carbocycles. The Morgan fingerprint density at radius 2 is 2.00 bits per heavy atom. The second-order valence-electron chi connectivity index (χ2n) is 6.15. The van der Waals surface area contributed by atoms with Crippen LogP contribution in [0.2, 0.25) is 5.02 Å². The summed E-state index contributed by atoms with van der Waals surface area (Å²) in [7, 11) is 0. The summed E-state index contributed by atoms with van der Waals surface area (Å²) in [6, 6.07) is 3.78. The summed E-state index contributed by atoms with van der Waals surface area (Å²) in [5.74, 6) is -0.983. The average molecular weight is 390 g/mol. The average Bonchev–Trinajstić information content (AvgIpc) is 2.93. The second kappa shape index (κ2) is 7.26. The molecule has 0 radical (unpaired) electrons. The van der Waals surface area contributed by atoms with E-state index in [0.29, 0.717) is 30.5 Å². The Balaban J connectivity index is 1.72. The van der Waals surface area contributed by atoms with E-state index < -0.39 is 23.6 Å². The van der Waals surface area contributed by atoms with E-state index >= 15 is 0 Å². The van der Waals surface area contributed by atoms with Gasteiger partial charge in [-0.05, 0) is 43.4 Å². The number of halogens is 5. The maximum Gasteiger partial charge on any atom is 0.435 e. The number of benzene rings is 1. The fraction of sp³-hybridized carbons (Fsp3) is 0.412. The second-order valence-corrected chi connectivity index (χ2v) is 6.56. The van der Waals surface area contributed by atoms with Crippen LogP contribution in [0.15, 0.2) is 18.2 Å². The summed E-state index contributed by atoms with van der Waals surface area (Å²) >= 11 is 5.89. The molecular weight excluding hydrogens is 374 g/mol. The minimum Gasteiger partial charge on any atom is -0.350 e. The van der Waals surface area contributed by atoms with Crippen LogP contribution in [0.3, 0.4) is 0 Å². The number of fused-ring (bicyclic) bond motifs is 1. The van der Waals surface area contributed by atoms with E-state index in [1.807, 2.05) is 0 Å². The lowest BCUT2D eigenvalue weighted by Gasteiger charge is -2.14. The zero-order valence-electron chi connectivity index (χ0n) is 13.7. The standard InChI is InChI=1S/C17H16ClF4N3O/c18-13-7-11(19)6-5-10(13)8-23-15(26)9-25-14-4-2-1-3-12(14)16(24-25)17(20,21)22/h5-7H,1-4,8-9H2,(H,23,26). The highest BCUT2D eigenvalue weighted by molar-refractivity contribution is 6.31. The summed E-state index contributed by atoms with van der Waals surface area (Å²) in [4.78, 5) is 12.1. The van der Waals surface area contributed by atoms with Crippen molar-refractivity contribution < 1.29 is 22.4 Å². The molecule has 0 fully saturated rings. The van der Waals surface area contributed by atoms with Crippen molar-refractivity contribution in [2.75, 3.05) is 0 Å². The first-order chi connectivity index (χ1) is 12.3. The van der Waals surface area contributed by atoms with Gasteiger partial charge in [0.05, 0.1) is 0 Å². The lowest BCUT2D eigenvalue weighted by Crippen LogP contribution is -2.28. The molecule has 0 saturated heterocycles. The number of amides is 1. The number of nitrogens with zero attached hydrogens (tertiary/aromatic N) is 2. The molecule has 1 N–H and O–H groups in total. The van der Waals surface area contributed by atoms with Crippen LogP contribution in [-0.4, -0.2) is 15.7 Å². The molecule has 0 saturated carbocycles. The molecule has 9 heteroatoms. The minimum absolute atomic E-state index is 0.0491. The highest BCUT2D eigenvalue weighted by Crippen LogP contribution is 2.35. The fourth-order valence-corrected chi connectivity index (χ4v) is 3.31. The number of nitrogens with one attached hydrogen (secondary N) is 1. The normalized spacial score (nSPS) is 14.2. The molecule has 1 aliphatic rings. The van der Waals surface area contributed by atoms with Crippen LogP contribution in [0.5, 0.6) is 0 Å². The van der Waals surface area contributed by atoms with Crippen LogP contribution in [0.4, 0.5) is 17.6 Å². The predicted octanol–water partition coefficient (Wildman–Crippen LogP) is 3.89. The summed E-state index contributed by atoms with van der Waals surface area (Å²) in [5.41, 5.74) is 0.276. The molecule has 4 nitrogen and oxygen atoms in total. The zero-order chi connectivity index (χ0) is 18.9. The summed E-state index contributed by atoms with van der Waals surface area (Å²) in [6.07, 6.45) is -2.31. The van der Waals surface area contributed by atoms with Crippen molar-refractivity contribution in [1.82, 2.24) is 15.1 Å². The quantitative estimate of drug-likeness (QED) is 0.806. The Morgan fingerprint density at radius 1 is 1.27 bits per heavy atom. The molecule has 0 atom stereocenters. The minimum atomic E-state index is -4.54. The lowest BCUT2D eigenvalue weighted by atomic mass is 9.95. The Labute approximate surface area is 152 Å². The molecule has 3 rings (SSSR count). The molecule has 1 aromatic heterocycles. The molecular formula is C17H16ClF4N3O. The number of alkyl halides is 3. The van der Waals surface area contributed by atoms with Crippen molar-refractivity contribution in [1.29, 1.82) is 0 Å². The van der Waals surface area contributed by atoms with Gasteiger partial charge in [0.2, 0.25) is 5.91 Å². The summed E-state index contributed by atoms with van der Waals surface area (Å²) < 4.78 is 53.6. The highest BCUT2D eigenvalue weighted by atomic mass is 35.5. The molecule has 2 aromatic rings. The van der Waals surface area contributed by atoms with E-state index in [0.717, 1.165) is 17.2 Å². The largest absolute Gasteiger partial charge is 0.435 e. The van der Waals surface area contributed by atoms with Crippen LogP contribution in [-0.2, 0) is 36.9 Å². The van der Waals surface area contributed by atoms with Crippen molar-refractivity contribution >= 4 is 17.5 Å². The number of hydrogen-bond donors (Lipinski definition) is 1. The van der Waals surface area contributed by atoms with Crippen molar-refractivity contribution in [3.63, 3.8) is 0 Å². The van der Waals surface area contributed by atoms with Crippen molar-refractivity contribution in [3.05, 3.63) is 51.6 Å². The van der Waals surface area contributed by atoms with Crippen molar-refractivity contribution in [3.8, 4) is 0 Å². The van der Waals surface area contributed by atoms with Gasteiger partial charge in [0.1, 0.15) is 12.4 Å². The molecule has 1 aliphatic carbocycles. The summed E-state index contributed by atoms with van der Waals surface area (Å²) in [5, 5.41) is 6.38. The van der Waals surface area contributed by atoms with E-state index in [-0.39, 0.29) is 23.7 Å². The first-order valence-corrected chi connectivity index (χ1v) is 8.50. The van der Waals surface area contributed by atoms with E-state index in [9.17, 15) is 22.4 Å². The first-order valence-electron chi connectivity index (χ1n) is 8.12. The fourth-order valence-electron chi connectivity index (χ4n) is 3.08. The van der Waals surface area contributed by atoms with Gasteiger partial charge in [-0.2, -0.15) is 18.3 Å². The van der Waals surface area contributed by atoms with Gasteiger partial charge in [-0.25, -0.2) is 4.39 Å². The maximum atomic E-state index is 13.2. The maximum absolute atomic E-state index is 13.2. The number of carbonyl (C=O) groups excluding carboxylic acids is 1. The zero-order valence-corrected chi connectivity index (χ0v) is 14.4. The Hall–Kier alpha value is -2.09. The molecule has 26 heavy (non-hydrogen) atoms. The smallest absolute Gasteiger partial charge is 0.350 e. The predicted molar refractivity (Wildman–Crippen MR) is 87.1 cm³/mol. The Bertz CT molecular complexity index is 832. The van der Waals surface area contributed by atoms with Crippen LogP contribution in [0.1, 0.15) is 35.4 Å². The molecule has 0 spiro atoms. The first kappa shape index (κ1) is 18.7.